The van der Waals surface area contributed by atoms with Crippen molar-refractivity contribution in [1.82, 2.24) is 10.2 Å². The standard InChI is InChI=1S/C14H29N3OS/c1-14(2,17-8-5-4-6-9-17)11-16-13(18)12(15)7-10-19-3/h12H,4-11,15H2,1-3H3,(H,16,18)/t12-/m0/s1. The molecule has 0 aliphatic carbocycles. The molecule has 1 atom stereocenters. The van der Waals surface area contributed by atoms with Crippen molar-refractivity contribution in [2.45, 2.75) is 51.1 Å². The highest BCUT2D eigenvalue weighted by Gasteiger charge is 2.28. The summed E-state index contributed by atoms with van der Waals surface area (Å²) in [5, 5.41) is 3.01. The van der Waals surface area contributed by atoms with Gasteiger partial charge in [0.05, 0.1) is 6.04 Å². The quantitative estimate of drug-likeness (QED) is 0.744. The number of thioether (sulfide) groups is 1. The molecule has 1 heterocycles. The summed E-state index contributed by atoms with van der Waals surface area (Å²) in [6, 6.07) is -0.371. The molecule has 0 radical (unpaired) electrons. The summed E-state index contributed by atoms with van der Waals surface area (Å²) in [7, 11) is 0. The van der Waals surface area contributed by atoms with Gasteiger partial charge in [0, 0.05) is 12.1 Å². The lowest BCUT2D eigenvalue weighted by atomic mass is 9.98. The Morgan fingerprint density at radius 2 is 2.00 bits per heavy atom. The van der Waals surface area contributed by atoms with Crippen molar-refractivity contribution in [3.63, 3.8) is 0 Å². The van der Waals surface area contributed by atoms with Gasteiger partial charge in [-0.05, 0) is 58.2 Å². The highest BCUT2D eigenvalue weighted by Crippen LogP contribution is 2.19. The minimum atomic E-state index is -0.371. The average Bonchev–Trinajstić information content (AvgIpc) is 2.43. The van der Waals surface area contributed by atoms with Crippen LogP contribution in [0.3, 0.4) is 0 Å². The van der Waals surface area contributed by atoms with E-state index in [4.69, 9.17) is 5.73 Å². The van der Waals surface area contributed by atoms with Crippen molar-refractivity contribution >= 4 is 17.7 Å². The molecule has 112 valence electrons. The summed E-state index contributed by atoms with van der Waals surface area (Å²) in [6.45, 7) is 7.36. The van der Waals surface area contributed by atoms with E-state index >= 15 is 0 Å². The Labute approximate surface area is 121 Å². The topological polar surface area (TPSA) is 58.4 Å². The lowest BCUT2D eigenvalue weighted by molar-refractivity contribution is -0.123. The largest absolute Gasteiger partial charge is 0.353 e. The third kappa shape index (κ3) is 5.71. The van der Waals surface area contributed by atoms with E-state index in [1.807, 2.05) is 6.26 Å². The number of carbonyl (C=O) groups excluding carboxylic acids is 1. The van der Waals surface area contributed by atoms with Gasteiger partial charge in [0.25, 0.3) is 0 Å². The first-order valence-electron chi connectivity index (χ1n) is 7.24. The molecule has 5 heteroatoms. The van der Waals surface area contributed by atoms with E-state index in [2.05, 4.69) is 24.1 Å². The Morgan fingerprint density at radius 1 is 1.37 bits per heavy atom. The van der Waals surface area contributed by atoms with Crippen LogP contribution in [-0.2, 0) is 4.79 Å². The molecule has 1 amide bonds. The van der Waals surface area contributed by atoms with Crippen molar-refractivity contribution in [3.05, 3.63) is 0 Å². The summed E-state index contributed by atoms with van der Waals surface area (Å²) in [6.07, 6.45) is 6.65. The number of carbonyl (C=O) groups is 1. The van der Waals surface area contributed by atoms with Gasteiger partial charge in [0.1, 0.15) is 0 Å². The molecule has 1 aliphatic heterocycles. The van der Waals surface area contributed by atoms with Crippen LogP contribution in [0.4, 0.5) is 0 Å². The van der Waals surface area contributed by atoms with Gasteiger partial charge in [-0.25, -0.2) is 0 Å². The zero-order chi connectivity index (χ0) is 14.3. The second-order valence-corrected chi connectivity index (χ2v) is 6.95. The normalized spacial score (nSPS) is 19.2. The maximum absolute atomic E-state index is 11.9. The van der Waals surface area contributed by atoms with Crippen LogP contribution in [0.25, 0.3) is 0 Å². The average molecular weight is 287 g/mol. The molecule has 0 aromatic carbocycles. The summed E-state index contributed by atoms with van der Waals surface area (Å²) < 4.78 is 0. The number of nitrogens with zero attached hydrogens (tertiary/aromatic N) is 1. The van der Waals surface area contributed by atoms with E-state index in [1.165, 1.54) is 19.3 Å². The first kappa shape index (κ1) is 16.8. The van der Waals surface area contributed by atoms with Crippen molar-refractivity contribution in [3.8, 4) is 0 Å². The summed E-state index contributed by atoms with van der Waals surface area (Å²) in [5.41, 5.74) is 5.90. The predicted molar refractivity (Wildman–Crippen MR) is 83.5 cm³/mol. The van der Waals surface area contributed by atoms with E-state index in [1.54, 1.807) is 11.8 Å². The smallest absolute Gasteiger partial charge is 0.237 e. The maximum atomic E-state index is 11.9. The van der Waals surface area contributed by atoms with E-state index in [0.29, 0.717) is 6.54 Å². The molecule has 4 nitrogen and oxygen atoms in total. The van der Waals surface area contributed by atoms with Gasteiger partial charge in [-0.15, -0.1) is 0 Å². The maximum Gasteiger partial charge on any atom is 0.237 e. The van der Waals surface area contributed by atoms with Crippen molar-refractivity contribution < 1.29 is 4.79 Å². The lowest BCUT2D eigenvalue weighted by Crippen LogP contribution is -2.55. The van der Waals surface area contributed by atoms with Gasteiger partial charge in [0.2, 0.25) is 5.91 Å². The zero-order valence-electron chi connectivity index (χ0n) is 12.6. The Balaban J connectivity index is 2.34. The SMILES string of the molecule is CSCC[C@H](N)C(=O)NCC(C)(C)N1CCCCC1. The van der Waals surface area contributed by atoms with Crippen LogP contribution >= 0.6 is 11.8 Å². The number of nitrogens with two attached hydrogens (primary N) is 1. The molecule has 1 rings (SSSR count). The number of piperidine rings is 1. The zero-order valence-corrected chi connectivity index (χ0v) is 13.4. The Hall–Kier alpha value is -0.260. The Kier molecular flexibility index (Phi) is 7.18. The highest BCUT2D eigenvalue weighted by molar-refractivity contribution is 7.98. The highest BCUT2D eigenvalue weighted by atomic mass is 32.2. The number of hydrogen-bond donors (Lipinski definition) is 2. The van der Waals surface area contributed by atoms with Crippen LogP contribution in [0.15, 0.2) is 0 Å². The van der Waals surface area contributed by atoms with Crippen LogP contribution in [0, 0.1) is 0 Å². The molecule has 19 heavy (non-hydrogen) atoms. The number of likely N-dealkylation sites (tertiary alicyclic amines) is 1. The first-order chi connectivity index (χ1) is 8.97. The van der Waals surface area contributed by atoms with E-state index < -0.39 is 0 Å². The molecule has 1 aliphatic rings. The molecule has 0 aromatic heterocycles. The molecule has 3 N–H and O–H groups in total. The molecular formula is C14H29N3OS. The Bertz CT molecular complexity index is 278. The van der Waals surface area contributed by atoms with E-state index in [9.17, 15) is 4.79 Å². The van der Waals surface area contributed by atoms with Gasteiger partial charge >= 0.3 is 0 Å². The molecule has 0 saturated carbocycles. The molecule has 0 bridgehead atoms. The fourth-order valence-electron chi connectivity index (χ4n) is 2.42. The fourth-order valence-corrected chi connectivity index (χ4v) is 2.91. The molecular weight excluding hydrogens is 258 g/mol. The summed E-state index contributed by atoms with van der Waals surface area (Å²) in [4.78, 5) is 14.4. The van der Waals surface area contributed by atoms with Crippen LogP contribution in [0.1, 0.15) is 39.5 Å². The molecule has 0 unspecified atom stereocenters. The third-order valence-corrected chi connectivity index (χ3v) is 4.52. The monoisotopic (exact) mass is 287 g/mol. The molecule has 0 spiro atoms. The van der Waals surface area contributed by atoms with E-state index in [0.717, 1.165) is 25.3 Å². The van der Waals surface area contributed by atoms with Gasteiger partial charge in [-0.2, -0.15) is 11.8 Å². The van der Waals surface area contributed by atoms with E-state index in [-0.39, 0.29) is 17.5 Å². The van der Waals surface area contributed by atoms with Crippen molar-refractivity contribution in [2.75, 3.05) is 31.6 Å². The van der Waals surface area contributed by atoms with Gasteiger partial charge in [-0.1, -0.05) is 6.42 Å². The summed E-state index contributed by atoms with van der Waals surface area (Å²) >= 11 is 1.73. The number of rotatable bonds is 7. The first-order valence-corrected chi connectivity index (χ1v) is 8.64. The second kappa shape index (κ2) is 8.12. The van der Waals surface area contributed by atoms with Crippen LogP contribution in [-0.4, -0.2) is 54.0 Å². The van der Waals surface area contributed by atoms with Gasteiger partial charge < -0.3 is 11.1 Å². The Morgan fingerprint density at radius 3 is 2.58 bits per heavy atom. The van der Waals surface area contributed by atoms with Crippen molar-refractivity contribution in [2.24, 2.45) is 5.73 Å². The minimum Gasteiger partial charge on any atom is -0.353 e. The lowest BCUT2D eigenvalue weighted by Gasteiger charge is -2.41. The third-order valence-electron chi connectivity index (χ3n) is 3.88. The fraction of sp³-hybridized carbons (Fsp3) is 0.929. The van der Waals surface area contributed by atoms with Crippen molar-refractivity contribution in [1.29, 1.82) is 0 Å². The minimum absolute atomic E-state index is 0.0147. The number of amides is 1. The molecule has 1 fully saturated rings. The van der Waals surface area contributed by atoms with Crippen LogP contribution in [0.5, 0.6) is 0 Å². The number of nitrogens with one attached hydrogen (secondary N) is 1. The molecule has 1 saturated heterocycles. The van der Waals surface area contributed by atoms with Crippen LogP contribution in [0.2, 0.25) is 0 Å². The van der Waals surface area contributed by atoms with Gasteiger partial charge in [0.15, 0.2) is 0 Å². The predicted octanol–water partition coefficient (Wildman–Crippen LogP) is 1.45. The summed E-state index contributed by atoms with van der Waals surface area (Å²) in [5.74, 6) is 0.920. The van der Waals surface area contributed by atoms with Crippen LogP contribution < -0.4 is 11.1 Å². The number of hydrogen-bond acceptors (Lipinski definition) is 4. The van der Waals surface area contributed by atoms with Gasteiger partial charge in [-0.3, -0.25) is 9.69 Å². The second-order valence-electron chi connectivity index (χ2n) is 5.97. The molecule has 0 aromatic rings.